The second kappa shape index (κ2) is 4.79. The molecule has 0 fully saturated rings. The molecular formula is C11H15NO3. The molecule has 15 heavy (non-hydrogen) atoms. The van der Waals surface area contributed by atoms with Gasteiger partial charge in [0, 0.05) is 6.42 Å². The van der Waals surface area contributed by atoms with Gasteiger partial charge in [0.25, 0.3) is 0 Å². The van der Waals surface area contributed by atoms with Crippen LogP contribution in [0.5, 0.6) is 11.5 Å². The average molecular weight is 209 g/mol. The van der Waals surface area contributed by atoms with Gasteiger partial charge in [-0.05, 0) is 24.1 Å². The molecule has 0 spiro atoms. The molecule has 0 aliphatic carbocycles. The summed E-state index contributed by atoms with van der Waals surface area (Å²) in [6.07, 6.45) is 0.783. The smallest absolute Gasteiger partial charge is 0.157 e. The summed E-state index contributed by atoms with van der Waals surface area (Å²) in [5.74, 6) is -0.375. The van der Waals surface area contributed by atoms with E-state index in [0.717, 1.165) is 5.56 Å². The van der Waals surface area contributed by atoms with E-state index in [-0.39, 0.29) is 17.3 Å². The number of carbonyl (C=O) groups excluding carboxylic acids is 1. The van der Waals surface area contributed by atoms with E-state index in [0.29, 0.717) is 12.8 Å². The summed E-state index contributed by atoms with van der Waals surface area (Å²) >= 11 is 0. The summed E-state index contributed by atoms with van der Waals surface area (Å²) in [4.78, 5) is 11.2. The van der Waals surface area contributed by atoms with Gasteiger partial charge in [0.2, 0.25) is 0 Å². The van der Waals surface area contributed by atoms with Crippen molar-refractivity contribution < 1.29 is 15.0 Å². The number of benzene rings is 1. The first-order valence-corrected chi connectivity index (χ1v) is 4.83. The molecule has 0 aromatic heterocycles. The van der Waals surface area contributed by atoms with Gasteiger partial charge in [0.1, 0.15) is 5.78 Å². The average Bonchev–Trinajstić information content (AvgIpc) is 2.22. The van der Waals surface area contributed by atoms with Crippen LogP contribution in [0.25, 0.3) is 0 Å². The number of Topliss-reactive ketones (excluding diaryl/α,β-unsaturated/α-hetero) is 1. The van der Waals surface area contributed by atoms with E-state index in [2.05, 4.69) is 0 Å². The van der Waals surface area contributed by atoms with Gasteiger partial charge in [0.05, 0.1) is 6.04 Å². The minimum absolute atomic E-state index is 0.0115. The van der Waals surface area contributed by atoms with Crippen molar-refractivity contribution in [3.8, 4) is 11.5 Å². The van der Waals surface area contributed by atoms with Crippen LogP contribution in [0.15, 0.2) is 18.2 Å². The molecule has 0 saturated carbocycles. The Balaban J connectivity index is 2.73. The number of hydrogen-bond acceptors (Lipinski definition) is 4. The zero-order chi connectivity index (χ0) is 11.4. The SMILES string of the molecule is CCC(=O)[C@@H](N)Cc1ccc(O)c(O)c1. The van der Waals surface area contributed by atoms with Crippen molar-refractivity contribution in [2.24, 2.45) is 5.73 Å². The highest BCUT2D eigenvalue weighted by molar-refractivity contribution is 5.83. The number of rotatable bonds is 4. The summed E-state index contributed by atoms with van der Waals surface area (Å²) in [6.45, 7) is 1.76. The van der Waals surface area contributed by atoms with Crippen molar-refractivity contribution in [2.75, 3.05) is 0 Å². The molecule has 0 saturated heterocycles. The minimum Gasteiger partial charge on any atom is -0.504 e. The van der Waals surface area contributed by atoms with Crippen LogP contribution in [0, 0.1) is 0 Å². The van der Waals surface area contributed by atoms with Crippen LogP contribution in [0.4, 0.5) is 0 Å². The largest absolute Gasteiger partial charge is 0.504 e. The van der Waals surface area contributed by atoms with Crippen LogP contribution in [-0.4, -0.2) is 22.0 Å². The summed E-state index contributed by atoms with van der Waals surface area (Å²) in [6, 6.07) is 3.89. The van der Waals surface area contributed by atoms with Crippen LogP contribution in [0.3, 0.4) is 0 Å². The predicted molar refractivity (Wildman–Crippen MR) is 56.7 cm³/mol. The van der Waals surface area contributed by atoms with Crippen LogP contribution in [-0.2, 0) is 11.2 Å². The zero-order valence-corrected chi connectivity index (χ0v) is 8.60. The predicted octanol–water partition coefficient (Wildman–Crippen LogP) is 0.947. The number of phenols is 2. The van der Waals surface area contributed by atoms with E-state index >= 15 is 0 Å². The molecule has 0 amide bonds. The third-order valence-electron chi connectivity index (χ3n) is 2.26. The Morgan fingerprint density at radius 1 is 1.40 bits per heavy atom. The van der Waals surface area contributed by atoms with Gasteiger partial charge < -0.3 is 15.9 Å². The molecule has 4 nitrogen and oxygen atoms in total. The van der Waals surface area contributed by atoms with E-state index in [1.807, 2.05) is 0 Å². The Morgan fingerprint density at radius 3 is 2.60 bits per heavy atom. The fourth-order valence-electron chi connectivity index (χ4n) is 1.33. The Morgan fingerprint density at radius 2 is 2.07 bits per heavy atom. The molecule has 4 N–H and O–H groups in total. The summed E-state index contributed by atoms with van der Waals surface area (Å²) in [5, 5.41) is 18.3. The quantitative estimate of drug-likeness (QED) is 0.644. The van der Waals surface area contributed by atoms with E-state index in [1.165, 1.54) is 12.1 Å². The Bertz CT molecular complexity index is 363. The maximum Gasteiger partial charge on any atom is 0.157 e. The van der Waals surface area contributed by atoms with Gasteiger partial charge in [-0.3, -0.25) is 4.79 Å². The third kappa shape index (κ3) is 2.95. The first-order valence-electron chi connectivity index (χ1n) is 4.83. The van der Waals surface area contributed by atoms with Crippen molar-refractivity contribution in [3.05, 3.63) is 23.8 Å². The normalized spacial score (nSPS) is 12.4. The number of ketones is 1. The van der Waals surface area contributed by atoms with E-state index < -0.39 is 6.04 Å². The number of hydrogen-bond donors (Lipinski definition) is 3. The molecule has 0 heterocycles. The van der Waals surface area contributed by atoms with Gasteiger partial charge in [-0.2, -0.15) is 0 Å². The molecule has 82 valence electrons. The van der Waals surface area contributed by atoms with E-state index in [4.69, 9.17) is 10.8 Å². The molecule has 0 radical (unpaired) electrons. The van der Waals surface area contributed by atoms with Crippen LogP contribution in [0.1, 0.15) is 18.9 Å². The monoisotopic (exact) mass is 209 g/mol. The fourth-order valence-corrected chi connectivity index (χ4v) is 1.33. The van der Waals surface area contributed by atoms with Crippen LogP contribution < -0.4 is 5.73 Å². The van der Waals surface area contributed by atoms with Crippen molar-refractivity contribution in [1.82, 2.24) is 0 Å². The minimum atomic E-state index is -0.543. The molecule has 0 aliphatic rings. The molecule has 4 heteroatoms. The van der Waals surface area contributed by atoms with Gasteiger partial charge in [-0.15, -0.1) is 0 Å². The lowest BCUT2D eigenvalue weighted by Gasteiger charge is -2.09. The number of aromatic hydroxyl groups is 2. The maximum atomic E-state index is 11.2. The fraction of sp³-hybridized carbons (Fsp3) is 0.364. The molecule has 1 atom stereocenters. The summed E-state index contributed by atoms with van der Waals surface area (Å²) in [5.41, 5.74) is 6.39. The number of nitrogens with two attached hydrogens (primary N) is 1. The Hall–Kier alpha value is -1.55. The summed E-state index contributed by atoms with van der Waals surface area (Å²) < 4.78 is 0. The van der Waals surface area contributed by atoms with E-state index in [1.54, 1.807) is 13.0 Å². The summed E-state index contributed by atoms with van der Waals surface area (Å²) in [7, 11) is 0. The second-order valence-corrected chi connectivity index (χ2v) is 3.45. The molecule has 1 aromatic rings. The topological polar surface area (TPSA) is 83.6 Å². The van der Waals surface area contributed by atoms with Gasteiger partial charge >= 0.3 is 0 Å². The highest BCUT2D eigenvalue weighted by Gasteiger charge is 2.12. The van der Waals surface area contributed by atoms with Gasteiger partial charge in [0.15, 0.2) is 11.5 Å². The number of phenolic OH excluding ortho intramolecular Hbond substituents is 2. The van der Waals surface area contributed by atoms with Crippen molar-refractivity contribution in [3.63, 3.8) is 0 Å². The van der Waals surface area contributed by atoms with Crippen molar-refractivity contribution in [2.45, 2.75) is 25.8 Å². The highest BCUT2D eigenvalue weighted by atomic mass is 16.3. The standard InChI is InChI=1S/C11H15NO3/c1-2-9(13)8(12)5-7-3-4-10(14)11(15)6-7/h3-4,6,8,14-15H,2,5,12H2,1H3/t8-/m0/s1. The first-order chi connectivity index (χ1) is 7.04. The third-order valence-corrected chi connectivity index (χ3v) is 2.26. The molecule has 0 unspecified atom stereocenters. The molecule has 0 bridgehead atoms. The van der Waals surface area contributed by atoms with Crippen molar-refractivity contribution >= 4 is 5.78 Å². The molecule has 0 aliphatic heterocycles. The van der Waals surface area contributed by atoms with Crippen LogP contribution in [0.2, 0.25) is 0 Å². The zero-order valence-electron chi connectivity index (χ0n) is 8.60. The van der Waals surface area contributed by atoms with Crippen LogP contribution >= 0.6 is 0 Å². The maximum absolute atomic E-state index is 11.2. The van der Waals surface area contributed by atoms with Gasteiger partial charge in [-0.1, -0.05) is 13.0 Å². The number of carbonyl (C=O) groups is 1. The second-order valence-electron chi connectivity index (χ2n) is 3.45. The molecule has 1 aromatic carbocycles. The lowest BCUT2D eigenvalue weighted by Crippen LogP contribution is -2.32. The van der Waals surface area contributed by atoms with Gasteiger partial charge in [-0.25, -0.2) is 0 Å². The highest BCUT2D eigenvalue weighted by Crippen LogP contribution is 2.25. The van der Waals surface area contributed by atoms with E-state index in [9.17, 15) is 9.90 Å². The lowest BCUT2D eigenvalue weighted by atomic mass is 10.0. The molecule has 1 rings (SSSR count). The lowest BCUT2D eigenvalue weighted by molar-refractivity contribution is -0.119. The molecular weight excluding hydrogens is 194 g/mol. The van der Waals surface area contributed by atoms with Crippen molar-refractivity contribution in [1.29, 1.82) is 0 Å². The Kier molecular flexibility index (Phi) is 3.68. The first kappa shape index (κ1) is 11.5. The Labute approximate surface area is 88.3 Å².